The second-order valence-corrected chi connectivity index (χ2v) is 3.56. The van der Waals surface area contributed by atoms with Gasteiger partial charge in [-0.15, -0.1) is 0 Å². The zero-order valence-corrected chi connectivity index (χ0v) is 11.7. The summed E-state index contributed by atoms with van der Waals surface area (Å²) in [5, 5.41) is 0. The largest absolute Gasteiger partial charge is 0.673 e. The molecule has 122 valence electrons. The summed E-state index contributed by atoms with van der Waals surface area (Å²) in [5.41, 5.74) is 0. The summed E-state index contributed by atoms with van der Waals surface area (Å²) in [7, 11) is -9.71. The third-order valence-electron chi connectivity index (χ3n) is 2.29. The lowest BCUT2D eigenvalue weighted by Gasteiger charge is -2.30. The molecule has 12 heteroatoms. The minimum Gasteiger partial charge on any atom is -0.418 e. The summed E-state index contributed by atoms with van der Waals surface area (Å²) in [6.07, 6.45) is 0. The van der Waals surface area contributed by atoms with Gasteiger partial charge in [-0.3, -0.25) is 0 Å². The number of rotatable bonds is 3. The molecule has 0 aliphatic heterocycles. The molecular weight excluding hydrogens is 286 g/mol. The van der Waals surface area contributed by atoms with Gasteiger partial charge in [0.15, 0.2) is 0 Å². The topological polar surface area (TPSA) is 36.5 Å². The van der Waals surface area contributed by atoms with E-state index in [9.17, 15) is 34.5 Å². The fraction of sp³-hybridized carbons (Fsp3) is 1.00. The monoisotopic (exact) mass is 308 g/mol. The van der Waals surface area contributed by atoms with Crippen molar-refractivity contribution >= 4 is 14.5 Å². The lowest BCUT2D eigenvalue weighted by Crippen LogP contribution is -2.42. The van der Waals surface area contributed by atoms with Gasteiger partial charge in [-0.1, -0.05) is 0 Å². The van der Waals surface area contributed by atoms with Crippen LogP contribution in [0, 0.1) is 0 Å². The van der Waals surface area contributed by atoms with E-state index >= 15 is 0 Å². The first-order valence-corrected chi connectivity index (χ1v) is 5.26. The van der Waals surface area contributed by atoms with Gasteiger partial charge in [0.2, 0.25) is 0 Å². The first-order chi connectivity index (χ1) is 7.68. The molecule has 0 unspecified atom stereocenters. The van der Waals surface area contributed by atoms with Crippen LogP contribution in [0.5, 0.6) is 0 Å². The van der Waals surface area contributed by atoms with Gasteiger partial charge >= 0.3 is 14.5 Å². The average molecular weight is 308 g/mol. The smallest absolute Gasteiger partial charge is 0.418 e. The number of nitrogens with zero attached hydrogens (tertiary/aromatic N) is 1. The van der Waals surface area contributed by atoms with E-state index < -0.39 is 14.5 Å². The highest BCUT2D eigenvalue weighted by atomic mass is 19.5. The van der Waals surface area contributed by atoms with Gasteiger partial charge in [0.05, 0.1) is 26.7 Å². The Morgan fingerprint density at radius 2 is 0.737 bits per heavy atom. The summed E-state index contributed by atoms with van der Waals surface area (Å²) in [4.78, 5) is 0. The predicted molar refractivity (Wildman–Crippen MR) is 64.2 cm³/mol. The maximum absolute atomic E-state index is 9.75. The van der Waals surface area contributed by atoms with E-state index in [0.717, 1.165) is 0 Å². The maximum Gasteiger partial charge on any atom is 0.673 e. The van der Waals surface area contributed by atoms with E-state index in [1.807, 2.05) is 0 Å². The van der Waals surface area contributed by atoms with Crippen LogP contribution in [0.15, 0.2) is 0 Å². The van der Waals surface area contributed by atoms with Crippen molar-refractivity contribution in [3.8, 4) is 0 Å². The maximum atomic E-state index is 9.75. The normalized spacial score (nSPS) is 11.4. The van der Waals surface area contributed by atoms with Crippen LogP contribution in [0.3, 0.4) is 0 Å². The molecule has 0 fully saturated rings. The van der Waals surface area contributed by atoms with Crippen molar-refractivity contribution in [2.24, 2.45) is 0 Å². The fourth-order valence-electron chi connectivity index (χ4n) is 0.671. The van der Waals surface area contributed by atoms with E-state index in [2.05, 4.69) is 27.8 Å². The van der Waals surface area contributed by atoms with Crippen molar-refractivity contribution in [2.45, 2.75) is 20.8 Å². The van der Waals surface area contributed by atoms with Gasteiger partial charge in [0.25, 0.3) is 0 Å². The highest BCUT2D eigenvalue weighted by Gasteiger charge is 2.21. The highest BCUT2D eigenvalue weighted by molar-refractivity contribution is 6.50. The minimum absolute atomic E-state index is 0. The van der Waals surface area contributed by atoms with Gasteiger partial charge in [-0.05, 0) is 20.8 Å². The van der Waals surface area contributed by atoms with Crippen LogP contribution in [0.2, 0.25) is 0 Å². The second-order valence-electron chi connectivity index (χ2n) is 3.56. The lowest BCUT2D eigenvalue weighted by molar-refractivity contribution is -0.904. The first-order valence-electron chi connectivity index (χ1n) is 5.26. The number of hydrogen-bond acceptors (Lipinski definition) is 0. The van der Waals surface area contributed by atoms with Gasteiger partial charge < -0.3 is 45.2 Å². The molecular formula is C7H22B2F8N2. The molecule has 0 radical (unpaired) electrons. The summed E-state index contributed by atoms with van der Waals surface area (Å²) in [6, 6.07) is 0. The van der Waals surface area contributed by atoms with Gasteiger partial charge in [-0.2, -0.15) is 0 Å². The molecule has 0 aromatic carbocycles. The second kappa shape index (κ2) is 11.3. The predicted octanol–water partition coefficient (Wildman–Crippen LogP) is 4.47. The van der Waals surface area contributed by atoms with Crippen LogP contribution in [-0.2, 0) is 0 Å². The SMILES string of the molecule is CC[N+](C)(CC)CC.F[B-](F)(F)F.F[B-](F)(F)F.[NH4+]. The summed E-state index contributed by atoms with van der Waals surface area (Å²) < 4.78 is 79.2. The van der Waals surface area contributed by atoms with Crippen LogP contribution >= 0.6 is 0 Å². The number of hydrogen-bond donors (Lipinski definition) is 1. The third-order valence-corrected chi connectivity index (χ3v) is 2.29. The molecule has 0 aromatic rings. The zero-order chi connectivity index (χ0) is 15.6. The Bertz CT molecular complexity index is 160. The van der Waals surface area contributed by atoms with Crippen molar-refractivity contribution in [1.82, 2.24) is 6.15 Å². The zero-order valence-electron chi connectivity index (χ0n) is 11.7. The van der Waals surface area contributed by atoms with Crippen molar-refractivity contribution < 1.29 is 39.0 Å². The minimum atomic E-state index is -6.00. The summed E-state index contributed by atoms with van der Waals surface area (Å²) in [6.45, 7) is 10.5. The van der Waals surface area contributed by atoms with E-state index in [4.69, 9.17) is 0 Å². The van der Waals surface area contributed by atoms with E-state index in [1.54, 1.807) is 0 Å². The first kappa shape index (κ1) is 26.9. The van der Waals surface area contributed by atoms with Gasteiger partial charge in [0, 0.05) is 0 Å². The summed E-state index contributed by atoms with van der Waals surface area (Å²) in [5.74, 6) is 0. The van der Waals surface area contributed by atoms with Crippen molar-refractivity contribution in [1.29, 1.82) is 0 Å². The number of quaternary nitrogens is 2. The highest BCUT2D eigenvalue weighted by Crippen LogP contribution is 2.07. The molecule has 0 amide bonds. The van der Waals surface area contributed by atoms with Crippen molar-refractivity contribution in [2.75, 3.05) is 26.7 Å². The van der Waals surface area contributed by atoms with Crippen LogP contribution < -0.4 is 6.15 Å². The molecule has 0 heterocycles. The molecule has 0 aliphatic rings. The quantitative estimate of drug-likeness (QED) is 0.454. The van der Waals surface area contributed by atoms with Gasteiger partial charge in [-0.25, -0.2) is 0 Å². The standard InChI is InChI=1S/C7H18N.2BF4.H3N/c1-5-8(4,6-2)7-3;2*2-1(3,4)5;/h5-7H2,1-4H3;;;1H3/q+1;2*-1;/p+1. The lowest BCUT2D eigenvalue weighted by atomic mass is 10.3. The van der Waals surface area contributed by atoms with Crippen LogP contribution in [0.1, 0.15) is 20.8 Å². The molecule has 0 saturated carbocycles. The molecule has 19 heavy (non-hydrogen) atoms. The van der Waals surface area contributed by atoms with E-state index in [-0.39, 0.29) is 6.15 Å². The Morgan fingerprint density at radius 3 is 0.737 bits per heavy atom. The molecule has 0 aliphatic carbocycles. The Balaban J connectivity index is -0.0000000906. The molecule has 4 N–H and O–H groups in total. The van der Waals surface area contributed by atoms with E-state index in [0.29, 0.717) is 0 Å². The van der Waals surface area contributed by atoms with Crippen molar-refractivity contribution in [3.05, 3.63) is 0 Å². The van der Waals surface area contributed by atoms with Crippen LogP contribution in [0.4, 0.5) is 34.5 Å². The summed E-state index contributed by atoms with van der Waals surface area (Å²) >= 11 is 0. The van der Waals surface area contributed by atoms with Crippen LogP contribution in [-0.4, -0.2) is 45.7 Å². The van der Waals surface area contributed by atoms with Crippen molar-refractivity contribution in [3.63, 3.8) is 0 Å². The fourth-order valence-corrected chi connectivity index (χ4v) is 0.671. The molecule has 0 aromatic heterocycles. The van der Waals surface area contributed by atoms with Gasteiger partial charge in [0.1, 0.15) is 0 Å². The molecule has 0 bridgehead atoms. The molecule has 0 spiro atoms. The molecule has 0 rings (SSSR count). The molecule has 2 nitrogen and oxygen atoms in total. The Kier molecular flexibility index (Phi) is 16.1. The van der Waals surface area contributed by atoms with E-state index in [1.165, 1.54) is 24.1 Å². The number of halogens is 8. The Labute approximate surface area is 108 Å². The Morgan fingerprint density at radius 1 is 0.632 bits per heavy atom. The Hall–Kier alpha value is -0.510. The molecule has 0 saturated heterocycles. The average Bonchev–Trinajstić information content (AvgIpc) is 2.11. The van der Waals surface area contributed by atoms with Crippen LogP contribution in [0.25, 0.3) is 0 Å². The third kappa shape index (κ3) is 58.2. The molecule has 0 atom stereocenters.